The molecular weight excluding hydrogens is 246 g/mol. The van der Waals surface area contributed by atoms with Crippen LogP contribution in [0.5, 0.6) is 0 Å². The van der Waals surface area contributed by atoms with Crippen LogP contribution in [0.3, 0.4) is 0 Å². The number of hydrogen-bond donors (Lipinski definition) is 1. The maximum absolute atomic E-state index is 13.6. The third kappa shape index (κ3) is 5.27. The number of aliphatic hydroxyl groups excluding tert-OH is 1. The Morgan fingerprint density at radius 1 is 0.842 bits per heavy atom. The first-order valence-corrected chi connectivity index (χ1v) is 7.27. The van der Waals surface area contributed by atoms with E-state index in [-0.39, 0.29) is 5.56 Å². The van der Waals surface area contributed by atoms with Crippen molar-refractivity contribution in [2.24, 2.45) is 0 Å². The Labute approximate surface area is 114 Å². The van der Waals surface area contributed by atoms with Crippen molar-refractivity contribution >= 4 is 0 Å². The van der Waals surface area contributed by atoms with Crippen molar-refractivity contribution in [2.45, 2.75) is 64.9 Å². The lowest BCUT2D eigenvalue weighted by molar-refractivity contribution is 0.273. The summed E-state index contributed by atoms with van der Waals surface area (Å²) >= 11 is 0. The van der Waals surface area contributed by atoms with E-state index in [1.807, 2.05) is 0 Å². The molecule has 0 radical (unpaired) electrons. The van der Waals surface area contributed by atoms with Crippen molar-refractivity contribution in [3.8, 4) is 0 Å². The second-order valence-electron chi connectivity index (χ2n) is 5.04. The van der Waals surface area contributed by atoms with Crippen LogP contribution < -0.4 is 0 Å². The first kappa shape index (κ1) is 16.1. The summed E-state index contributed by atoms with van der Waals surface area (Å²) in [6.45, 7) is 1.73. The summed E-state index contributed by atoms with van der Waals surface area (Å²) in [7, 11) is 0. The maximum atomic E-state index is 13.6. The van der Waals surface area contributed by atoms with Crippen LogP contribution in [0.4, 0.5) is 8.78 Å². The van der Waals surface area contributed by atoms with Gasteiger partial charge < -0.3 is 5.11 Å². The minimum Gasteiger partial charge on any atom is -0.392 e. The van der Waals surface area contributed by atoms with Crippen LogP contribution in [0.15, 0.2) is 12.1 Å². The Kier molecular flexibility index (Phi) is 7.65. The fourth-order valence-corrected chi connectivity index (χ4v) is 2.22. The summed E-state index contributed by atoms with van der Waals surface area (Å²) in [6.07, 6.45) is 8.71. The van der Waals surface area contributed by atoms with Crippen LogP contribution in [0, 0.1) is 11.6 Å². The summed E-state index contributed by atoms with van der Waals surface area (Å²) in [5, 5.41) is 8.84. The Morgan fingerprint density at radius 3 is 2.00 bits per heavy atom. The lowest BCUT2D eigenvalue weighted by Gasteiger charge is -2.07. The molecule has 0 unspecified atom stereocenters. The van der Waals surface area contributed by atoms with Crippen LogP contribution in [0.2, 0.25) is 0 Å². The van der Waals surface area contributed by atoms with Gasteiger partial charge >= 0.3 is 0 Å². The zero-order valence-corrected chi connectivity index (χ0v) is 11.7. The number of aryl methyl sites for hydroxylation is 1. The van der Waals surface area contributed by atoms with Crippen molar-refractivity contribution in [1.29, 1.82) is 0 Å². The standard InChI is InChI=1S/C16H24F2O/c1-2-3-4-5-6-7-8-9-13-10-11-14(12-19)16(18)15(13)17/h10-11,19H,2-9,12H2,1H3. The van der Waals surface area contributed by atoms with Gasteiger partial charge in [0.25, 0.3) is 0 Å². The predicted octanol–water partition coefficient (Wildman–Crippen LogP) is 4.75. The molecule has 0 saturated carbocycles. The molecule has 3 heteroatoms. The SMILES string of the molecule is CCCCCCCCCc1ccc(CO)c(F)c1F. The van der Waals surface area contributed by atoms with Gasteiger partial charge in [0.05, 0.1) is 6.61 Å². The molecule has 0 atom stereocenters. The normalized spacial score (nSPS) is 10.9. The van der Waals surface area contributed by atoms with Gasteiger partial charge in [-0.3, -0.25) is 0 Å². The van der Waals surface area contributed by atoms with Gasteiger partial charge in [0, 0.05) is 5.56 Å². The lowest BCUT2D eigenvalue weighted by atomic mass is 10.0. The Hall–Kier alpha value is -0.960. The van der Waals surface area contributed by atoms with Crippen LogP contribution in [0.25, 0.3) is 0 Å². The summed E-state index contributed by atoms with van der Waals surface area (Å²) in [4.78, 5) is 0. The molecule has 0 fully saturated rings. The molecule has 1 nitrogen and oxygen atoms in total. The van der Waals surface area contributed by atoms with E-state index >= 15 is 0 Å². The molecular formula is C16H24F2O. The first-order valence-electron chi connectivity index (χ1n) is 7.27. The molecule has 0 aliphatic carbocycles. The average molecular weight is 270 g/mol. The van der Waals surface area contributed by atoms with Gasteiger partial charge in [-0.25, -0.2) is 8.78 Å². The van der Waals surface area contributed by atoms with Crippen molar-refractivity contribution < 1.29 is 13.9 Å². The molecule has 108 valence electrons. The second kappa shape index (κ2) is 9.03. The van der Waals surface area contributed by atoms with Crippen molar-refractivity contribution in [3.63, 3.8) is 0 Å². The van der Waals surface area contributed by atoms with Gasteiger partial charge in [-0.05, 0) is 18.4 Å². The zero-order chi connectivity index (χ0) is 14.1. The van der Waals surface area contributed by atoms with E-state index < -0.39 is 18.2 Å². The van der Waals surface area contributed by atoms with Crippen LogP contribution >= 0.6 is 0 Å². The summed E-state index contributed by atoms with van der Waals surface area (Å²) in [5.41, 5.74) is 0.448. The first-order chi connectivity index (χ1) is 9.20. The zero-order valence-electron chi connectivity index (χ0n) is 11.7. The topological polar surface area (TPSA) is 20.2 Å². The maximum Gasteiger partial charge on any atom is 0.164 e. The number of unbranched alkanes of at least 4 members (excludes halogenated alkanes) is 6. The Bertz CT molecular complexity index is 377. The fraction of sp³-hybridized carbons (Fsp3) is 0.625. The third-order valence-corrected chi connectivity index (χ3v) is 3.46. The second-order valence-corrected chi connectivity index (χ2v) is 5.04. The highest BCUT2D eigenvalue weighted by molar-refractivity contribution is 5.26. The van der Waals surface area contributed by atoms with E-state index in [2.05, 4.69) is 6.92 Å². The van der Waals surface area contributed by atoms with E-state index in [9.17, 15) is 8.78 Å². The molecule has 0 aliphatic heterocycles. The fourth-order valence-electron chi connectivity index (χ4n) is 2.22. The van der Waals surface area contributed by atoms with E-state index in [0.717, 1.165) is 12.8 Å². The Balaban J connectivity index is 2.32. The summed E-state index contributed by atoms with van der Waals surface area (Å²) < 4.78 is 27.1. The average Bonchev–Trinajstić information content (AvgIpc) is 2.42. The molecule has 0 heterocycles. The molecule has 19 heavy (non-hydrogen) atoms. The third-order valence-electron chi connectivity index (χ3n) is 3.46. The van der Waals surface area contributed by atoms with Gasteiger partial charge in [-0.1, -0.05) is 57.6 Å². The van der Waals surface area contributed by atoms with Crippen LogP contribution in [-0.2, 0) is 13.0 Å². The minimum atomic E-state index is -0.900. The molecule has 1 N–H and O–H groups in total. The molecule has 0 aromatic heterocycles. The van der Waals surface area contributed by atoms with Crippen molar-refractivity contribution in [1.82, 2.24) is 0 Å². The number of benzene rings is 1. The molecule has 0 aliphatic rings. The molecule has 0 spiro atoms. The number of rotatable bonds is 9. The van der Waals surface area contributed by atoms with E-state index in [1.165, 1.54) is 38.2 Å². The highest BCUT2D eigenvalue weighted by Gasteiger charge is 2.12. The van der Waals surface area contributed by atoms with E-state index in [4.69, 9.17) is 5.11 Å². The molecule has 1 aromatic rings. The smallest absolute Gasteiger partial charge is 0.164 e. The van der Waals surface area contributed by atoms with Gasteiger partial charge in [0.1, 0.15) is 0 Å². The number of hydrogen-bond acceptors (Lipinski definition) is 1. The Morgan fingerprint density at radius 2 is 1.37 bits per heavy atom. The highest BCUT2D eigenvalue weighted by Crippen LogP contribution is 2.19. The predicted molar refractivity (Wildman–Crippen MR) is 74.0 cm³/mol. The summed E-state index contributed by atoms with van der Waals surface area (Å²) in [6, 6.07) is 3.05. The largest absolute Gasteiger partial charge is 0.392 e. The molecule has 1 aromatic carbocycles. The van der Waals surface area contributed by atoms with Crippen LogP contribution in [0.1, 0.15) is 63.0 Å². The molecule has 1 rings (SSSR count). The van der Waals surface area contributed by atoms with Gasteiger partial charge in [0.2, 0.25) is 0 Å². The number of halogens is 2. The molecule has 0 saturated heterocycles. The molecule has 0 bridgehead atoms. The van der Waals surface area contributed by atoms with E-state index in [0.29, 0.717) is 12.0 Å². The molecule has 0 amide bonds. The summed E-state index contributed by atoms with van der Waals surface area (Å²) in [5.74, 6) is -1.69. The minimum absolute atomic E-state index is 0.0285. The van der Waals surface area contributed by atoms with Crippen LogP contribution in [-0.4, -0.2) is 5.11 Å². The lowest BCUT2D eigenvalue weighted by Crippen LogP contribution is -2.00. The van der Waals surface area contributed by atoms with Crippen molar-refractivity contribution in [3.05, 3.63) is 34.9 Å². The highest BCUT2D eigenvalue weighted by atomic mass is 19.2. The van der Waals surface area contributed by atoms with Gasteiger partial charge in [-0.2, -0.15) is 0 Å². The van der Waals surface area contributed by atoms with Gasteiger partial charge in [0.15, 0.2) is 11.6 Å². The monoisotopic (exact) mass is 270 g/mol. The van der Waals surface area contributed by atoms with Crippen molar-refractivity contribution in [2.75, 3.05) is 0 Å². The quantitative estimate of drug-likeness (QED) is 0.642. The number of aliphatic hydroxyl groups is 1. The van der Waals surface area contributed by atoms with E-state index in [1.54, 1.807) is 6.07 Å². The van der Waals surface area contributed by atoms with Gasteiger partial charge in [-0.15, -0.1) is 0 Å².